The van der Waals surface area contributed by atoms with Gasteiger partial charge in [-0.15, -0.1) is 0 Å². The van der Waals surface area contributed by atoms with Crippen molar-refractivity contribution in [1.82, 2.24) is 9.97 Å². The van der Waals surface area contributed by atoms with Crippen LogP contribution in [0.3, 0.4) is 0 Å². The summed E-state index contributed by atoms with van der Waals surface area (Å²) in [6.07, 6.45) is 3.25. The number of rotatable bonds is 2. The van der Waals surface area contributed by atoms with Crippen LogP contribution in [0.2, 0.25) is 0 Å². The lowest BCUT2D eigenvalue weighted by Crippen LogP contribution is -1.92. The Balaban J connectivity index is 2.34. The molecule has 1 aromatic heterocycles. The number of aliphatic hydroxyl groups excluding tert-OH is 1. The molecule has 0 bridgehead atoms. The van der Waals surface area contributed by atoms with Crippen molar-refractivity contribution < 1.29 is 5.11 Å². The fraction of sp³-hybridized carbons (Fsp3) is 0.0909. The maximum atomic E-state index is 8.80. The molecule has 0 fully saturated rings. The smallest absolute Gasteiger partial charge is 0.0885 e. The molecule has 0 aliphatic heterocycles. The summed E-state index contributed by atoms with van der Waals surface area (Å²) >= 11 is 0. The zero-order valence-electron chi connectivity index (χ0n) is 7.59. The predicted molar refractivity (Wildman–Crippen MR) is 53.4 cm³/mol. The van der Waals surface area contributed by atoms with Crippen molar-refractivity contribution in [1.29, 1.82) is 0 Å². The van der Waals surface area contributed by atoms with Crippen molar-refractivity contribution in [3.8, 4) is 11.3 Å². The molecule has 3 nitrogen and oxygen atoms in total. The molecular formula is C11H10N2O. The number of nitrogens with zero attached hydrogens (tertiary/aromatic N) is 2. The van der Waals surface area contributed by atoms with E-state index in [9.17, 15) is 0 Å². The van der Waals surface area contributed by atoms with Crippen LogP contribution >= 0.6 is 0 Å². The Morgan fingerprint density at radius 1 is 1.00 bits per heavy atom. The summed E-state index contributed by atoms with van der Waals surface area (Å²) in [6, 6.07) is 9.82. The molecule has 0 spiro atoms. The van der Waals surface area contributed by atoms with Crippen LogP contribution in [-0.2, 0) is 6.61 Å². The van der Waals surface area contributed by atoms with E-state index in [1.165, 1.54) is 0 Å². The third-order valence-corrected chi connectivity index (χ3v) is 1.94. The maximum absolute atomic E-state index is 8.80. The molecule has 1 heterocycles. The highest BCUT2D eigenvalue weighted by Crippen LogP contribution is 2.14. The fourth-order valence-electron chi connectivity index (χ4n) is 1.19. The van der Waals surface area contributed by atoms with Gasteiger partial charge in [-0.05, 0) is 0 Å². The van der Waals surface area contributed by atoms with Gasteiger partial charge < -0.3 is 5.11 Å². The molecule has 2 aromatic rings. The number of aliphatic hydroxyl groups is 1. The highest BCUT2D eigenvalue weighted by atomic mass is 16.3. The highest BCUT2D eigenvalue weighted by molar-refractivity contribution is 5.57. The summed E-state index contributed by atoms with van der Waals surface area (Å²) in [6.45, 7) is -0.0674. The average molecular weight is 186 g/mol. The van der Waals surface area contributed by atoms with E-state index in [1.54, 1.807) is 12.4 Å². The monoisotopic (exact) mass is 186 g/mol. The standard InChI is InChI=1S/C11H10N2O/c14-8-10-6-13-11(7-12-10)9-4-2-1-3-5-9/h1-7,14H,8H2. The van der Waals surface area contributed by atoms with Gasteiger partial charge in [-0.3, -0.25) is 9.97 Å². The maximum Gasteiger partial charge on any atom is 0.0885 e. The second-order valence-electron chi connectivity index (χ2n) is 2.92. The van der Waals surface area contributed by atoms with Gasteiger partial charge in [-0.25, -0.2) is 0 Å². The summed E-state index contributed by atoms with van der Waals surface area (Å²) in [7, 11) is 0. The number of hydrogen-bond acceptors (Lipinski definition) is 3. The van der Waals surface area contributed by atoms with E-state index in [0.29, 0.717) is 5.69 Å². The summed E-state index contributed by atoms with van der Waals surface area (Å²) in [4.78, 5) is 8.26. The summed E-state index contributed by atoms with van der Waals surface area (Å²) in [5.41, 5.74) is 2.44. The Morgan fingerprint density at radius 3 is 2.36 bits per heavy atom. The van der Waals surface area contributed by atoms with Gasteiger partial charge in [0.05, 0.1) is 30.4 Å². The van der Waals surface area contributed by atoms with Crippen molar-refractivity contribution in [3.63, 3.8) is 0 Å². The zero-order chi connectivity index (χ0) is 9.80. The van der Waals surface area contributed by atoms with Crippen molar-refractivity contribution in [2.45, 2.75) is 6.61 Å². The van der Waals surface area contributed by atoms with Gasteiger partial charge in [0.15, 0.2) is 0 Å². The van der Waals surface area contributed by atoms with Crippen molar-refractivity contribution in [2.75, 3.05) is 0 Å². The van der Waals surface area contributed by atoms with Gasteiger partial charge in [-0.2, -0.15) is 0 Å². The van der Waals surface area contributed by atoms with E-state index in [0.717, 1.165) is 11.3 Å². The normalized spacial score (nSPS) is 10.1. The first-order valence-corrected chi connectivity index (χ1v) is 4.37. The summed E-state index contributed by atoms with van der Waals surface area (Å²) in [5, 5.41) is 8.80. The zero-order valence-corrected chi connectivity index (χ0v) is 7.59. The molecule has 0 amide bonds. The predicted octanol–water partition coefficient (Wildman–Crippen LogP) is 1.64. The van der Waals surface area contributed by atoms with Gasteiger partial charge >= 0.3 is 0 Å². The minimum absolute atomic E-state index is 0.0674. The molecule has 1 aromatic carbocycles. The Labute approximate surface area is 82.1 Å². The number of benzene rings is 1. The van der Waals surface area contributed by atoms with Gasteiger partial charge in [0.25, 0.3) is 0 Å². The van der Waals surface area contributed by atoms with Crippen molar-refractivity contribution >= 4 is 0 Å². The topological polar surface area (TPSA) is 46.0 Å². The van der Waals surface area contributed by atoms with Crippen LogP contribution in [0.1, 0.15) is 5.69 Å². The third-order valence-electron chi connectivity index (χ3n) is 1.94. The second-order valence-corrected chi connectivity index (χ2v) is 2.92. The number of aromatic nitrogens is 2. The lowest BCUT2D eigenvalue weighted by molar-refractivity contribution is 0.276. The third kappa shape index (κ3) is 1.78. The lowest BCUT2D eigenvalue weighted by Gasteiger charge is -2.00. The minimum atomic E-state index is -0.0674. The largest absolute Gasteiger partial charge is 0.390 e. The molecule has 0 radical (unpaired) electrons. The van der Waals surface area contributed by atoms with E-state index < -0.39 is 0 Å². The fourth-order valence-corrected chi connectivity index (χ4v) is 1.19. The molecule has 2 rings (SSSR count). The first kappa shape index (κ1) is 8.84. The van der Waals surface area contributed by atoms with Crippen LogP contribution in [0.5, 0.6) is 0 Å². The average Bonchev–Trinajstić information content (AvgIpc) is 2.30. The van der Waals surface area contributed by atoms with Gasteiger partial charge in [0, 0.05) is 5.56 Å². The molecule has 14 heavy (non-hydrogen) atoms. The molecule has 0 saturated carbocycles. The SMILES string of the molecule is OCc1cnc(-c2ccccc2)cn1. The molecular weight excluding hydrogens is 176 g/mol. The summed E-state index contributed by atoms with van der Waals surface area (Å²) in [5.74, 6) is 0. The van der Waals surface area contributed by atoms with Crippen LogP contribution in [0.25, 0.3) is 11.3 Å². The number of hydrogen-bond donors (Lipinski definition) is 1. The molecule has 0 atom stereocenters. The van der Waals surface area contributed by atoms with Gasteiger partial charge in [-0.1, -0.05) is 30.3 Å². The summed E-state index contributed by atoms with van der Waals surface area (Å²) < 4.78 is 0. The van der Waals surface area contributed by atoms with Gasteiger partial charge in [0.1, 0.15) is 0 Å². The van der Waals surface area contributed by atoms with Crippen molar-refractivity contribution in [3.05, 3.63) is 48.4 Å². The molecule has 1 N–H and O–H groups in total. The Bertz CT molecular complexity index is 397. The first-order chi connectivity index (χ1) is 6.90. The lowest BCUT2D eigenvalue weighted by atomic mass is 10.2. The van der Waals surface area contributed by atoms with E-state index in [-0.39, 0.29) is 6.61 Å². The van der Waals surface area contributed by atoms with Crippen LogP contribution in [0, 0.1) is 0 Å². The van der Waals surface area contributed by atoms with Crippen LogP contribution in [0.4, 0.5) is 0 Å². The van der Waals surface area contributed by atoms with Crippen LogP contribution in [0.15, 0.2) is 42.7 Å². The van der Waals surface area contributed by atoms with E-state index in [4.69, 9.17) is 5.11 Å². The molecule has 70 valence electrons. The van der Waals surface area contributed by atoms with E-state index in [2.05, 4.69) is 9.97 Å². The van der Waals surface area contributed by atoms with Crippen LogP contribution < -0.4 is 0 Å². The Morgan fingerprint density at radius 2 is 1.79 bits per heavy atom. The molecule has 3 heteroatoms. The molecule has 0 saturated heterocycles. The van der Waals surface area contributed by atoms with E-state index >= 15 is 0 Å². The molecule has 0 aliphatic carbocycles. The molecule has 0 unspecified atom stereocenters. The van der Waals surface area contributed by atoms with E-state index in [1.807, 2.05) is 30.3 Å². The Kier molecular flexibility index (Phi) is 2.51. The highest BCUT2D eigenvalue weighted by Gasteiger charge is 1.98. The van der Waals surface area contributed by atoms with Crippen LogP contribution in [-0.4, -0.2) is 15.1 Å². The second kappa shape index (κ2) is 3.98. The first-order valence-electron chi connectivity index (χ1n) is 4.37. The molecule has 0 aliphatic rings. The van der Waals surface area contributed by atoms with Gasteiger partial charge in [0.2, 0.25) is 0 Å². The quantitative estimate of drug-likeness (QED) is 0.775. The van der Waals surface area contributed by atoms with Crippen molar-refractivity contribution in [2.24, 2.45) is 0 Å². The minimum Gasteiger partial charge on any atom is -0.390 e. The Hall–Kier alpha value is -1.74.